The van der Waals surface area contributed by atoms with Crippen LogP contribution in [0.25, 0.3) is 10.9 Å². The molecule has 3 rings (SSSR count). The number of rotatable bonds is 4. The third-order valence-corrected chi connectivity index (χ3v) is 4.52. The fraction of sp³-hybridized carbons (Fsp3) is 0.500. The highest BCUT2D eigenvalue weighted by atomic mass is 15.0. The van der Waals surface area contributed by atoms with Crippen LogP contribution >= 0.6 is 0 Å². The molecule has 4 nitrogen and oxygen atoms in total. The van der Waals surface area contributed by atoms with E-state index in [1.165, 1.54) is 32.1 Å². The first-order valence-corrected chi connectivity index (χ1v) is 7.47. The summed E-state index contributed by atoms with van der Waals surface area (Å²) in [6.07, 6.45) is 8.00. The van der Waals surface area contributed by atoms with Gasteiger partial charge in [-0.05, 0) is 36.9 Å². The van der Waals surface area contributed by atoms with Crippen LogP contribution in [0.1, 0.15) is 32.1 Å². The van der Waals surface area contributed by atoms with E-state index in [2.05, 4.69) is 21.4 Å². The summed E-state index contributed by atoms with van der Waals surface area (Å²) in [5.41, 5.74) is 7.26. The molecule has 0 spiro atoms. The van der Waals surface area contributed by atoms with Gasteiger partial charge in [-0.15, -0.1) is 0 Å². The summed E-state index contributed by atoms with van der Waals surface area (Å²) in [4.78, 5) is 8.69. The SMILES string of the molecule is NCC1(CNc2ncnc3ccccc23)CCCCC1. The van der Waals surface area contributed by atoms with Crippen molar-refractivity contribution in [1.82, 2.24) is 9.97 Å². The van der Waals surface area contributed by atoms with Crippen molar-refractivity contribution >= 4 is 16.7 Å². The molecule has 1 heterocycles. The molecule has 1 aromatic carbocycles. The molecule has 0 amide bonds. The number of anilines is 1. The average Bonchev–Trinajstić information content (AvgIpc) is 2.54. The molecule has 3 N–H and O–H groups in total. The minimum atomic E-state index is 0.240. The van der Waals surface area contributed by atoms with Crippen LogP contribution in [0.4, 0.5) is 5.82 Å². The van der Waals surface area contributed by atoms with E-state index in [0.29, 0.717) is 0 Å². The number of nitrogens with one attached hydrogen (secondary N) is 1. The first-order valence-electron chi connectivity index (χ1n) is 7.47. The molecule has 1 fully saturated rings. The van der Waals surface area contributed by atoms with Crippen molar-refractivity contribution in [2.24, 2.45) is 11.1 Å². The number of nitrogens with two attached hydrogens (primary N) is 1. The molecular weight excluding hydrogens is 248 g/mol. The number of para-hydroxylation sites is 1. The van der Waals surface area contributed by atoms with Gasteiger partial charge in [-0.1, -0.05) is 31.4 Å². The first-order chi connectivity index (χ1) is 9.83. The molecular formula is C16H22N4. The maximum Gasteiger partial charge on any atom is 0.137 e. The Balaban J connectivity index is 1.79. The van der Waals surface area contributed by atoms with E-state index in [9.17, 15) is 0 Å². The van der Waals surface area contributed by atoms with Crippen molar-refractivity contribution in [2.75, 3.05) is 18.4 Å². The van der Waals surface area contributed by atoms with E-state index in [1.54, 1.807) is 6.33 Å². The molecule has 1 aliphatic carbocycles. The monoisotopic (exact) mass is 270 g/mol. The summed E-state index contributed by atoms with van der Waals surface area (Å²) in [6.45, 7) is 1.66. The van der Waals surface area contributed by atoms with Crippen LogP contribution in [-0.2, 0) is 0 Å². The molecule has 1 aliphatic rings. The van der Waals surface area contributed by atoms with E-state index >= 15 is 0 Å². The van der Waals surface area contributed by atoms with Gasteiger partial charge < -0.3 is 11.1 Å². The molecule has 20 heavy (non-hydrogen) atoms. The highest BCUT2D eigenvalue weighted by Crippen LogP contribution is 2.35. The van der Waals surface area contributed by atoms with Crippen molar-refractivity contribution in [3.8, 4) is 0 Å². The molecule has 0 radical (unpaired) electrons. The van der Waals surface area contributed by atoms with Gasteiger partial charge in [0.25, 0.3) is 0 Å². The smallest absolute Gasteiger partial charge is 0.137 e. The van der Waals surface area contributed by atoms with E-state index in [1.807, 2.05) is 18.2 Å². The highest BCUT2D eigenvalue weighted by Gasteiger charge is 2.30. The van der Waals surface area contributed by atoms with Crippen LogP contribution in [-0.4, -0.2) is 23.1 Å². The summed E-state index contributed by atoms with van der Waals surface area (Å²) in [7, 11) is 0. The van der Waals surface area contributed by atoms with E-state index in [4.69, 9.17) is 5.73 Å². The van der Waals surface area contributed by atoms with Crippen LogP contribution in [0.2, 0.25) is 0 Å². The molecule has 106 valence electrons. The van der Waals surface area contributed by atoms with Crippen molar-refractivity contribution < 1.29 is 0 Å². The summed E-state index contributed by atoms with van der Waals surface area (Å²) < 4.78 is 0. The number of benzene rings is 1. The average molecular weight is 270 g/mol. The third-order valence-electron chi connectivity index (χ3n) is 4.52. The molecule has 0 aliphatic heterocycles. The fourth-order valence-corrected chi connectivity index (χ4v) is 3.17. The zero-order chi connectivity index (χ0) is 13.8. The Kier molecular flexibility index (Phi) is 3.83. The second-order valence-corrected chi connectivity index (χ2v) is 5.86. The lowest BCUT2D eigenvalue weighted by Crippen LogP contribution is -2.39. The summed E-state index contributed by atoms with van der Waals surface area (Å²) >= 11 is 0. The number of nitrogens with zero attached hydrogens (tertiary/aromatic N) is 2. The van der Waals surface area contributed by atoms with Gasteiger partial charge >= 0.3 is 0 Å². The minimum absolute atomic E-state index is 0.240. The molecule has 1 saturated carbocycles. The van der Waals surface area contributed by atoms with Crippen LogP contribution < -0.4 is 11.1 Å². The summed E-state index contributed by atoms with van der Waals surface area (Å²) in [5, 5.41) is 4.60. The van der Waals surface area contributed by atoms with E-state index < -0.39 is 0 Å². The van der Waals surface area contributed by atoms with Crippen LogP contribution in [0.15, 0.2) is 30.6 Å². The normalized spacial score (nSPS) is 18.1. The topological polar surface area (TPSA) is 63.8 Å². The molecule has 4 heteroatoms. The van der Waals surface area contributed by atoms with Gasteiger partial charge in [0, 0.05) is 11.9 Å². The zero-order valence-corrected chi connectivity index (χ0v) is 11.8. The van der Waals surface area contributed by atoms with Crippen molar-refractivity contribution in [3.05, 3.63) is 30.6 Å². The lowest BCUT2D eigenvalue weighted by Gasteiger charge is -2.36. The van der Waals surface area contributed by atoms with E-state index in [-0.39, 0.29) is 5.41 Å². The Morgan fingerprint density at radius 1 is 1.10 bits per heavy atom. The number of aromatic nitrogens is 2. The van der Waals surface area contributed by atoms with Crippen molar-refractivity contribution in [2.45, 2.75) is 32.1 Å². The molecule has 2 aromatic rings. The van der Waals surface area contributed by atoms with Gasteiger partial charge in [-0.3, -0.25) is 0 Å². The Bertz CT molecular complexity index is 570. The Morgan fingerprint density at radius 3 is 2.70 bits per heavy atom. The molecule has 0 saturated heterocycles. The van der Waals surface area contributed by atoms with Gasteiger partial charge in [-0.25, -0.2) is 9.97 Å². The van der Waals surface area contributed by atoms with Gasteiger partial charge in [0.2, 0.25) is 0 Å². The molecule has 1 aromatic heterocycles. The summed E-state index contributed by atoms with van der Waals surface area (Å²) in [6, 6.07) is 8.10. The summed E-state index contributed by atoms with van der Waals surface area (Å²) in [5.74, 6) is 0.925. The predicted molar refractivity (Wildman–Crippen MR) is 82.6 cm³/mol. The lowest BCUT2D eigenvalue weighted by molar-refractivity contribution is 0.215. The minimum Gasteiger partial charge on any atom is -0.369 e. The van der Waals surface area contributed by atoms with Gasteiger partial charge in [0.15, 0.2) is 0 Å². The van der Waals surface area contributed by atoms with Crippen LogP contribution in [0, 0.1) is 5.41 Å². The van der Waals surface area contributed by atoms with Gasteiger partial charge in [-0.2, -0.15) is 0 Å². The highest BCUT2D eigenvalue weighted by molar-refractivity contribution is 5.88. The number of hydrogen-bond donors (Lipinski definition) is 2. The Labute approximate surface area is 119 Å². The number of fused-ring (bicyclic) bond motifs is 1. The predicted octanol–water partition coefficient (Wildman–Crippen LogP) is 2.95. The standard InChI is InChI=1S/C16H22N4/c17-10-16(8-4-1-5-9-16)11-18-15-13-6-2-3-7-14(13)19-12-20-15/h2-3,6-7,12H,1,4-5,8-11,17H2,(H,18,19,20). The van der Waals surface area contributed by atoms with Gasteiger partial charge in [0.05, 0.1) is 5.52 Å². The number of hydrogen-bond acceptors (Lipinski definition) is 4. The molecule has 0 bridgehead atoms. The zero-order valence-electron chi connectivity index (χ0n) is 11.8. The largest absolute Gasteiger partial charge is 0.369 e. The first kappa shape index (κ1) is 13.3. The lowest BCUT2D eigenvalue weighted by atomic mass is 9.74. The fourth-order valence-electron chi connectivity index (χ4n) is 3.17. The van der Waals surface area contributed by atoms with Crippen LogP contribution in [0.5, 0.6) is 0 Å². The second-order valence-electron chi connectivity index (χ2n) is 5.86. The second kappa shape index (κ2) is 5.75. The van der Waals surface area contributed by atoms with Gasteiger partial charge in [0.1, 0.15) is 12.1 Å². The maximum absolute atomic E-state index is 6.04. The molecule has 0 unspecified atom stereocenters. The maximum atomic E-state index is 6.04. The molecule has 0 atom stereocenters. The van der Waals surface area contributed by atoms with E-state index in [0.717, 1.165) is 29.8 Å². The Hall–Kier alpha value is -1.68. The third kappa shape index (κ3) is 2.61. The van der Waals surface area contributed by atoms with Crippen molar-refractivity contribution in [1.29, 1.82) is 0 Å². The van der Waals surface area contributed by atoms with Crippen LogP contribution in [0.3, 0.4) is 0 Å². The Morgan fingerprint density at radius 2 is 1.90 bits per heavy atom. The quantitative estimate of drug-likeness (QED) is 0.896. The van der Waals surface area contributed by atoms with Crippen molar-refractivity contribution in [3.63, 3.8) is 0 Å².